The van der Waals surface area contributed by atoms with Crippen LogP contribution in [-0.2, 0) is 10.2 Å². The van der Waals surface area contributed by atoms with E-state index in [-0.39, 0.29) is 13.2 Å². The van der Waals surface area contributed by atoms with Gasteiger partial charge in [0.2, 0.25) is 0 Å². The number of cyclic esters (lactones) is 1. The quantitative estimate of drug-likeness (QED) is 0.755. The van der Waals surface area contributed by atoms with Crippen LogP contribution < -0.4 is 9.64 Å². The van der Waals surface area contributed by atoms with Crippen LogP contribution in [0.15, 0.2) is 35.1 Å². The highest BCUT2D eigenvalue weighted by atomic mass is 32.2. The average molecular weight is 403 g/mol. The molecule has 1 amide bonds. The molecule has 1 aromatic heterocycles. The second kappa shape index (κ2) is 7.72. The fourth-order valence-electron chi connectivity index (χ4n) is 3.49. The Hall–Kier alpha value is -2.73. The van der Waals surface area contributed by atoms with Crippen LogP contribution in [0.3, 0.4) is 0 Å². The van der Waals surface area contributed by atoms with Gasteiger partial charge < -0.3 is 14.0 Å². The standard InChI is InChI=1S/C19H18FN3O4S/c20-16-9-13(1-2-15(16)19(12-21)4-7-28-8-5-19)23-10-14(27-18(23)24)11-25-17-3-6-26-22-17/h1-3,6,9,14H,4-5,7-8,10-11H2/t14-/m1/s1. The third-order valence-electron chi connectivity index (χ3n) is 5.05. The molecule has 7 nitrogen and oxygen atoms in total. The zero-order valence-corrected chi connectivity index (χ0v) is 15.8. The van der Waals surface area contributed by atoms with Crippen molar-refractivity contribution in [2.75, 3.05) is 29.6 Å². The summed E-state index contributed by atoms with van der Waals surface area (Å²) in [5.41, 5.74) is -0.00105. The number of nitrogens with zero attached hydrogens (tertiary/aromatic N) is 3. The summed E-state index contributed by atoms with van der Waals surface area (Å²) in [5, 5.41) is 13.3. The lowest BCUT2D eigenvalue weighted by Gasteiger charge is -2.31. The lowest BCUT2D eigenvalue weighted by molar-refractivity contribution is 0.102. The molecule has 0 spiro atoms. The fraction of sp³-hybridized carbons (Fsp3) is 0.421. The molecule has 0 saturated carbocycles. The van der Waals surface area contributed by atoms with Crippen molar-refractivity contribution in [2.24, 2.45) is 0 Å². The molecule has 3 heterocycles. The van der Waals surface area contributed by atoms with Gasteiger partial charge in [-0.25, -0.2) is 9.18 Å². The molecule has 0 aliphatic carbocycles. The van der Waals surface area contributed by atoms with Crippen LogP contribution in [0.25, 0.3) is 0 Å². The Morgan fingerprint density at radius 3 is 2.89 bits per heavy atom. The molecule has 2 aliphatic rings. The van der Waals surface area contributed by atoms with Crippen molar-refractivity contribution in [1.29, 1.82) is 5.26 Å². The van der Waals surface area contributed by atoms with Gasteiger partial charge in [-0.1, -0.05) is 6.07 Å². The smallest absolute Gasteiger partial charge is 0.414 e. The Labute approximate surface area is 165 Å². The molecule has 4 rings (SSSR count). The minimum Gasteiger partial charge on any atom is -0.471 e. The van der Waals surface area contributed by atoms with Gasteiger partial charge in [0.15, 0.2) is 6.10 Å². The maximum Gasteiger partial charge on any atom is 0.414 e. The Morgan fingerprint density at radius 1 is 1.39 bits per heavy atom. The van der Waals surface area contributed by atoms with E-state index in [1.807, 2.05) is 0 Å². The molecule has 0 unspecified atom stereocenters. The summed E-state index contributed by atoms with van der Waals surface area (Å²) >= 11 is 1.78. The van der Waals surface area contributed by atoms with E-state index in [0.717, 1.165) is 11.5 Å². The number of rotatable bonds is 5. The number of hydrogen-bond acceptors (Lipinski definition) is 7. The van der Waals surface area contributed by atoms with Gasteiger partial charge in [-0.05, 0) is 41.6 Å². The van der Waals surface area contributed by atoms with Crippen LogP contribution in [0, 0.1) is 17.1 Å². The number of carbonyl (C=O) groups is 1. The predicted octanol–water partition coefficient (Wildman–Crippen LogP) is 3.51. The summed E-state index contributed by atoms with van der Waals surface area (Å²) in [6.07, 6.45) is 1.55. The zero-order chi connectivity index (χ0) is 19.6. The number of thioether (sulfide) groups is 1. The van der Waals surface area contributed by atoms with Crippen LogP contribution in [0.5, 0.6) is 5.88 Å². The summed E-state index contributed by atoms with van der Waals surface area (Å²) < 4.78 is 30.2. The third kappa shape index (κ3) is 3.52. The topological polar surface area (TPSA) is 88.6 Å². The van der Waals surface area contributed by atoms with Crippen molar-refractivity contribution in [1.82, 2.24) is 5.16 Å². The highest BCUT2D eigenvalue weighted by Crippen LogP contribution is 2.40. The minimum atomic E-state index is -0.798. The first-order valence-electron chi connectivity index (χ1n) is 8.92. The van der Waals surface area contributed by atoms with Gasteiger partial charge in [-0.15, -0.1) is 0 Å². The van der Waals surface area contributed by atoms with Crippen molar-refractivity contribution in [3.8, 4) is 11.9 Å². The van der Waals surface area contributed by atoms with E-state index >= 15 is 0 Å². The van der Waals surface area contributed by atoms with Crippen LogP contribution >= 0.6 is 11.8 Å². The number of amides is 1. The minimum absolute atomic E-state index is 0.116. The monoisotopic (exact) mass is 403 g/mol. The largest absolute Gasteiger partial charge is 0.471 e. The highest BCUT2D eigenvalue weighted by Gasteiger charge is 2.38. The number of aromatic nitrogens is 1. The van der Waals surface area contributed by atoms with Crippen molar-refractivity contribution < 1.29 is 23.2 Å². The Morgan fingerprint density at radius 2 is 2.21 bits per heavy atom. The van der Waals surface area contributed by atoms with E-state index in [1.54, 1.807) is 30.0 Å². The van der Waals surface area contributed by atoms with Gasteiger partial charge in [-0.3, -0.25) is 4.90 Å². The van der Waals surface area contributed by atoms with Gasteiger partial charge >= 0.3 is 6.09 Å². The van der Waals surface area contributed by atoms with E-state index in [1.165, 1.54) is 17.2 Å². The molecule has 1 aromatic carbocycles. The molecule has 0 N–H and O–H groups in total. The molecule has 2 aliphatic heterocycles. The molecule has 0 radical (unpaired) electrons. The van der Waals surface area contributed by atoms with E-state index < -0.39 is 23.4 Å². The Bertz CT molecular complexity index is 893. The van der Waals surface area contributed by atoms with E-state index in [2.05, 4.69) is 15.7 Å². The number of carbonyl (C=O) groups excluding carboxylic acids is 1. The van der Waals surface area contributed by atoms with Gasteiger partial charge in [0, 0.05) is 11.6 Å². The molecule has 28 heavy (non-hydrogen) atoms. The number of halogens is 1. The Kier molecular flexibility index (Phi) is 5.13. The summed E-state index contributed by atoms with van der Waals surface area (Å²) in [5.74, 6) is 1.50. The predicted molar refractivity (Wildman–Crippen MR) is 99.9 cm³/mol. The van der Waals surface area contributed by atoms with Crippen molar-refractivity contribution >= 4 is 23.5 Å². The number of benzene rings is 1. The molecule has 146 valence electrons. The number of hydrogen-bond donors (Lipinski definition) is 0. The molecule has 2 saturated heterocycles. The molecule has 2 fully saturated rings. The second-order valence-electron chi connectivity index (χ2n) is 6.74. The summed E-state index contributed by atoms with van der Waals surface area (Å²) in [7, 11) is 0. The normalized spacial score (nSPS) is 21.2. The van der Waals surface area contributed by atoms with Gasteiger partial charge in [0.25, 0.3) is 5.88 Å². The van der Waals surface area contributed by atoms with Crippen molar-refractivity contribution in [3.63, 3.8) is 0 Å². The van der Waals surface area contributed by atoms with Gasteiger partial charge in [-0.2, -0.15) is 17.0 Å². The lowest BCUT2D eigenvalue weighted by atomic mass is 9.76. The van der Waals surface area contributed by atoms with Crippen LogP contribution in [0.2, 0.25) is 0 Å². The maximum atomic E-state index is 14.9. The number of nitriles is 1. The van der Waals surface area contributed by atoms with Gasteiger partial charge in [0.1, 0.15) is 18.7 Å². The van der Waals surface area contributed by atoms with E-state index in [0.29, 0.717) is 30.0 Å². The fourth-order valence-corrected chi connectivity index (χ4v) is 4.68. The first-order chi connectivity index (χ1) is 13.6. The van der Waals surface area contributed by atoms with Crippen LogP contribution in [-0.4, -0.2) is 42.0 Å². The maximum absolute atomic E-state index is 14.9. The second-order valence-corrected chi connectivity index (χ2v) is 7.96. The molecule has 9 heteroatoms. The molecule has 1 atom stereocenters. The molecular weight excluding hydrogens is 385 g/mol. The number of anilines is 1. The SMILES string of the molecule is N#CC1(c2ccc(N3C[C@H](COc4ccon4)OC3=O)cc2F)CCSCC1. The van der Waals surface area contributed by atoms with E-state index in [9.17, 15) is 14.4 Å². The summed E-state index contributed by atoms with van der Waals surface area (Å²) in [6, 6.07) is 8.47. The first kappa shape index (κ1) is 18.6. The average Bonchev–Trinajstić information content (AvgIpc) is 3.36. The third-order valence-corrected chi connectivity index (χ3v) is 6.03. The van der Waals surface area contributed by atoms with Crippen molar-refractivity contribution in [3.05, 3.63) is 41.9 Å². The molecule has 0 bridgehead atoms. The Balaban J connectivity index is 1.48. The highest BCUT2D eigenvalue weighted by molar-refractivity contribution is 7.99. The molecular formula is C19H18FN3O4S. The number of ether oxygens (including phenoxy) is 2. The first-order valence-corrected chi connectivity index (χ1v) is 10.1. The lowest BCUT2D eigenvalue weighted by Crippen LogP contribution is -2.31. The van der Waals surface area contributed by atoms with Crippen molar-refractivity contribution in [2.45, 2.75) is 24.4 Å². The summed E-state index contributed by atoms with van der Waals surface area (Å²) in [4.78, 5) is 13.6. The van der Waals surface area contributed by atoms with Crippen LogP contribution in [0.1, 0.15) is 18.4 Å². The van der Waals surface area contributed by atoms with E-state index in [4.69, 9.17) is 9.47 Å². The zero-order valence-electron chi connectivity index (χ0n) is 15.0. The summed E-state index contributed by atoms with van der Waals surface area (Å²) in [6.45, 7) is 0.347. The molecule has 2 aromatic rings. The van der Waals surface area contributed by atoms with Crippen LogP contribution in [0.4, 0.5) is 14.9 Å². The van der Waals surface area contributed by atoms with Gasteiger partial charge in [0.05, 0.1) is 23.7 Å².